The number of hydrogen-bond donors (Lipinski definition) is 1. The summed E-state index contributed by atoms with van der Waals surface area (Å²) in [5.74, 6) is -1.28. The van der Waals surface area contributed by atoms with Gasteiger partial charge >= 0.3 is 5.97 Å². The molecule has 1 unspecified atom stereocenters. The van der Waals surface area contributed by atoms with E-state index in [1.54, 1.807) is 13.0 Å². The van der Waals surface area contributed by atoms with Crippen LogP contribution < -0.4 is 0 Å². The Morgan fingerprint density at radius 1 is 1.55 bits per heavy atom. The van der Waals surface area contributed by atoms with Crippen LogP contribution >= 0.6 is 15.9 Å². The van der Waals surface area contributed by atoms with Crippen molar-refractivity contribution >= 4 is 27.6 Å². The van der Waals surface area contributed by atoms with E-state index in [9.17, 15) is 14.9 Å². The Morgan fingerprint density at radius 3 is 2.65 bits per heavy atom. The number of carboxylic acid groups (broad SMARTS) is 1. The van der Waals surface area contributed by atoms with Crippen molar-refractivity contribution < 1.29 is 14.8 Å². The SMILES string of the molecule is CCN(Cc1ccc([N+](=O)[O-])cc1Br)CC(C)C(=O)O. The molecule has 6 nitrogen and oxygen atoms in total. The Balaban J connectivity index is 2.80. The van der Waals surface area contributed by atoms with Crippen LogP contribution in [0.15, 0.2) is 22.7 Å². The summed E-state index contributed by atoms with van der Waals surface area (Å²) < 4.78 is 0.660. The average molecular weight is 345 g/mol. The number of nitro benzene ring substituents is 1. The van der Waals surface area contributed by atoms with E-state index in [2.05, 4.69) is 15.9 Å². The zero-order valence-electron chi connectivity index (χ0n) is 11.4. The maximum atomic E-state index is 10.9. The molecule has 1 rings (SSSR count). The smallest absolute Gasteiger partial charge is 0.307 e. The molecule has 0 fully saturated rings. The molecule has 0 aliphatic heterocycles. The Hall–Kier alpha value is -1.47. The highest BCUT2D eigenvalue weighted by Crippen LogP contribution is 2.24. The zero-order valence-corrected chi connectivity index (χ0v) is 13.0. The second-order valence-electron chi connectivity index (χ2n) is 4.60. The summed E-state index contributed by atoms with van der Waals surface area (Å²) in [4.78, 5) is 23.1. The number of benzene rings is 1. The molecule has 0 saturated carbocycles. The van der Waals surface area contributed by atoms with Crippen LogP contribution in [0.3, 0.4) is 0 Å². The third-order valence-electron chi connectivity index (χ3n) is 3.04. The summed E-state index contributed by atoms with van der Waals surface area (Å²) in [6.07, 6.45) is 0. The largest absolute Gasteiger partial charge is 0.481 e. The van der Waals surface area contributed by atoms with E-state index in [0.717, 1.165) is 5.56 Å². The van der Waals surface area contributed by atoms with E-state index in [0.29, 0.717) is 24.1 Å². The molecule has 0 aliphatic carbocycles. The van der Waals surface area contributed by atoms with Crippen LogP contribution in [0, 0.1) is 16.0 Å². The van der Waals surface area contributed by atoms with Gasteiger partial charge in [0.1, 0.15) is 0 Å². The molecule has 0 aliphatic rings. The van der Waals surface area contributed by atoms with Gasteiger partial charge in [0.2, 0.25) is 0 Å². The molecule has 0 amide bonds. The van der Waals surface area contributed by atoms with Gasteiger partial charge in [-0.25, -0.2) is 0 Å². The third kappa shape index (κ3) is 4.57. The molecule has 110 valence electrons. The Labute approximate surface area is 125 Å². The van der Waals surface area contributed by atoms with Gasteiger partial charge in [-0.1, -0.05) is 29.8 Å². The van der Waals surface area contributed by atoms with Crippen molar-refractivity contribution in [3.63, 3.8) is 0 Å². The van der Waals surface area contributed by atoms with Gasteiger partial charge in [0.05, 0.1) is 10.8 Å². The van der Waals surface area contributed by atoms with Crippen LogP contribution in [0.1, 0.15) is 19.4 Å². The lowest BCUT2D eigenvalue weighted by Crippen LogP contribution is -2.31. The third-order valence-corrected chi connectivity index (χ3v) is 3.78. The van der Waals surface area contributed by atoms with E-state index in [-0.39, 0.29) is 5.69 Å². The minimum atomic E-state index is -0.828. The highest BCUT2D eigenvalue weighted by Gasteiger charge is 2.17. The van der Waals surface area contributed by atoms with Crippen LogP contribution in [0.4, 0.5) is 5.69 Å². The molecule has 0 saturated heterocycles. The normalized spacial score (nSPS) is 12.4. The molecule has 7 heteroatoms. The zero-order chi connectivity index (χ0) is 15.3. The van der Waals surface area contributed by atoms with E-state index in [1.807, 2.05) is 11.8 Å². The van der Waals surface area contributed by atoms with Gasteiger partial charge in [0.25, 0.3) is 5.69 Å². The lowest BCUT2D eigenvalue weighted by Gasteiger charge is -2.23. The molecular formula is C13H17BrN2O4. The lowest BCUT2D eigenvalue weighted by molar-refractivity contribution is -0.384. The number of non-ortho nitro benzene ring substituents is 1. The number of carbonyl (C=O) groups is 1. The van der Waals surface area contributed by atoms with Crippen LogP contribution in [-0.4, -0.2) is 34.0 Å². The second kappa shape index (κ2) is 7.35. The lowest BCUT2D eigenvalue weighted by atomic mass is 10.1. The Morgan fingerprint density at radius 2 is 2.20 bits per heavy atom. The van der Waals surface area contributed by atoms with Crippen molar-refractivity contribution in [3.8, 4) is 0 Å². The summed E-state index contributed by atoms with van der Waals surface area (Å²) in [6.45, 7) is 5.31. The van der Waals surface area contributed by atoms with Crippen LogP contribution in [0.2, 0.25) is 0 Å². The first-order chi connectivity index (χ1) is 9.35. The summed E-state index contributed by atoms with van der Waals surface area (Å²) in [7, 11) is 0. The molecule has 20 heavy (non-hydrogen) atoms. The predicted molar refractivity (Wildman–Crippen MR) is 78.5 cm³/mol. The number of carboxylic acids is 1. The molecule has 0 aromatic heterocycles. The van der Waals surface area contributed by atoms with Gasteiger partial charge in [-0.3, -0.25) is 19.8 Å². The first-order valence-corrected chi connectivity index (χ1v) is 7.02. The number of nitrogens with zero attached hydrogens (tertiary/aromatic N) is 2. The second-order valence-corrected chi connectivity index (χ2v) is 5.45. The van der Waals surface area contributed by atoms with Crippen molar-refractivity contribution in [1.29, 1.82) is 0 Å². The van der Waals surface area contributed by atoms with Gasteiger partial charge < -0.3 is 5.11 Å². The Kier molecular flexibility index (Phi) is 6.09. The van der Waals surface area contributed by atoms with E-state index < -0.39 is 16.8 Å². The van der Waals surface area contributed by atoms with E-state index >= 15 is 0 Å². The molecule has 0 bridgehead atoms. The molecule has 1 aromatic carbocycles. The minimum absolute atomic E-state index is 0.0302. The molecule has 1 N–H and O–H groups in total. The number of aliphatic carboxylic acids is 1. The van der Waals surface area contributed by atoms with Gasteiger partial charge in [-0.2, -0.15) is 0 Å². The molecule has 0 heterocycles. The van der Waals surface area contributed by atoms with Gasteiger partial charge in [-0.05, 0) is 18.2 Å². The average Bonchev–Trinajstić information content (AvgIpc) is 2.39. The standard InChI is InChI=1S/C13H17BrN2O4/c1-3-15(7-9(2)13(17)18)8-10-4-5-11(16(19)20)6-12(10)14/h4-6,9H,3,7-8H2,1-2H3,(H,17,18). The van der Waals surface area contributed by atoms with Crippen LogP contribution in [-0.2, 0) is 11.3 Å². The summed E-state index contributed by atoms with van der Waals surface area (Å²) in [6, 6.07) is 4.61. The highest BCUT2D eigenvalue weighted by atomic mass is 79.9. The number of rotatable bonds is 7. The van der Waals surface area contributed by atoms with Crippen LogP contribution in [0.5, 0.6) is 0 Å². The maximum Gasteiger partial charge on any atom is 0.307 e. The highest BCUT2D eigenvalue weighted by molar-refractivity contribution is 9.10. The van der Waals surface area contributed by atoms with Gasteiger partial charge in [-0.15, -0.1) is 0 Å². The fourth-order valence-corrected chi connectivity index (χ4v) is 2.28. The van der Waals surface area contributed by atoms with Crippen molar-refractivity contribution in [1.82, 2.24) is 4.90 Å². The summed E-state index contributed by atoms with van der Waals surface area (Å²) in [5.41, 5.74) is 0.928. The van der Waals surface area contributed by atoms with Crippen molar-refractivity contribution in [2.45, 2.75) is 20.4 Å². The van der Waals surface area contributed by atoms with Crippen molar-refractivity contribution in [3.05, 3.63) is 38.3 Å². The van der Waals surface area contributed by atoms with Crippen molar-refractivity contribution in [2.75, 3.05) is 13.1 Å². The topological polar surface area (TPSA) is 83.7 Å². The fraction of sp³-hybridized carbons (Fsp3) is 0.462. The predicted octanol–water partition coefficient (Wildman–Crippen LogP) is 2.90. The molecular weight excluding hydrogens is 328 g/mol. The number of hydrogen-bond acceptors (Lipinski definition) is 4. The molecule has 1 atom stereocenters. The first-order valence-electron chi connectivity index (χ1n) is 6.23. The molecule has 1 aromatic rings. The molecule has 0 spiro atoms. The van der Waals surface area contributed by atoms with Gasteiger partial charge in [0, 0.05) is 29.7 Å². The quantitative estimate of drug-likeness (QED) is 0.607. The summed E-state index contributed by atoms with van der Waals surface area (Å²) in [5, 5.41) is 19.6. The number of nitro groups is 1. The fourth-order valence-electron chi connectivity index (χ4n) is 1.79. The van der Waals surface area contributed by atoms with Gasteiger partial charge in [0.15, 0.2) is 0 Å². The van der Waals surface area contributed by atoms with E-state index in [1.165, 1.54) is 12.1 Å². The summed E-state index contributed by atoms with van der Waals surface area (Å²) >= 11 is 3.32. The molecule has 0 radical (unpaired) electrons. The monoisotopic (exact) mass is 344 g/mol. The Bertz CT molecular complexity index is 507. The minimum Gasteiger partial charge on any atom is -0.481 e. The van der Waals surface area contributed by atoms with Crippen LogP contribution in [0.25, 0.3) is 0 Å². The van der Waals surface area contributed by atoms with E-state index in [4.69, 9.17) is 5.11 Å². The number of halogens is 1. The van der Waals surface area contributed by atoms with Crippen molar-refractivity contribution in [2.24, 2.45) is 5.92 Å². The first kappa shape index (κ1) is 16.6. The maximum absolute atomic E-state index is 10.9.